The molecule has 0 aromatic heterocycles. The summed E-state index contributed by atoms with van der Waals surface area (Å²) in [5.41, 5.74) is 1.12. The summed E-state index contributed by atoms with van der Waals surface area (Å²) < 4.78 is 16.4. The van der Waals surface area contributed by atoms with Crippen LogP contribution in [0.2, 0.25) is 5.02 Å². The van der Waals surface area contributed by atoms with Gasteiger partial charge in [-0.25, -0.2) is 14.5 Å². The highest BCUT2D eigenvalue weighted by Gasteiger charge is 2.34. The largest absolute Gasteiger partial charge is 0.493 e. The monoisotopic (exact) mass is 556 g/mol. The van der Waals surface area contributed by atoms with Gasteiger partial charge in [0.15, 0.2) is 18.1 Å². The van der Waals surface area contributed by atoms with Crippen molar-refractivity contribution in [2.75, 3.05) is 25.2 Å². The molecule has 0 spiro atoms. The van der Waals surface area contributed by atoms with Crippen molar-refractivity contribution >= 4 is 63.9 Å². The Morgan fingerprint density at radius 2 is 1.94 bits per heavy atom. The van der Waals surface area contributed by atoms with E-state index >= 15 is 0 Å². The smallest absolute Gasteiger partial charge is 0.344 e. The number of nitrogens with zero attached hydrogens (tertiary/aromatic N) is 1. The number of esters is 1. The second kappa shape index (κ2) is 10.0. The first kappa shape index (κ1) is 22.9. The van der Waals surface area contributed by atoms with E-state index in [0.717, 1.165) is 4.90 Å². The molecule has 3 amide bonds. The minimum Gasteiger partial charge on any atom is -0.493 e. The second-order valence-electron chi connectivity index (χ2n) is 6.23. The first-order chi connectivity index (χ1) is 14.8. The molecule has 0 unspecified atom stereocenters. The van der Waals surface area contributed by atoms with Gasteiger partial charge in [-0.15, -0.1) is 0 Å². The molecule has 2 aromatic carbocycles. The first-order valence-electron chi connectivity index (χ1n) is 9.12. The molecule has 3 rings (SSSR count). The van der Waals surface area contributed by atoms with Gasteiger partial charge in [-0.3, -0.25) is 4.79 Å². The number of carbonyl (C=O) groups excluding carboxylic acids is 3. The van der Waals surface area contributed by atoms with Crippen LogP contribution in [0.1, 0.15) is 12.5 Å². The Hall–Kier alpha value is -2.79. The third-order valence-corrected chi connectivity index (χ3v) is 5.22. The molecule has 1 fully saturated rings. The van der Waals surface area contributed by atoms with Gasteiger partial charge in [0.1, 0.15) is 5.70 Å². The Bertz CT molecular complexity index is 1050. The Morgan fingerprint density at radius 1 is 1.23 bits per heavy atom. The van der Waals surface area contributed by atoms with Gasteiger partial charge in [-0.1, -0.05) is 11.6 Å². The van der Waals surface area contributed by atoms with E-state index in [-0.39, 0.29) is 18.9 Å². The molecule has 0 saturated carbocycles. The number of carbonyl (C=O) groups is 3. The van der Waals surface area contributed by atoms with Crippen molar-refractivity contribution in [1.29, 1.82) is 0 Å². The highest BCUT2D eigenvalue weighted by molar-refractivity contribution is 14.1. The molecule has 1 aliphatic heterocycles. The van der Waals surface area contributed by atoms with Gasteiger partial charge in [-0.05, 0) is 77.6 Å². The molecule has 1 saturated heterocycles. The maximum Gasteiger partial charge on any atom is 0.344 e. The van der Waals surface area contributed by atoms with E-state index < -0.39 is 17.9 Å². The van der Waals surface area contributed by atoms with Crippen molar-refractivity contribution in [1.82, 2.24) is 5.32 Å². The zero-order valence-corrected chi connectivity index (χ0v) is 19.5. The van der Waals surface area contributed by atoms with E-state index in [9.17, 15) is 14.4 Å². The Morgan fingerprint density at radius 3 is 2.58 bits per heavy atom. The second-order valence-corrected chi connectivity index (χ2v) is 7.83. The van der Waals surface area contributed by atoms with Crippen LogP contribution in [0.5, 0.6) is 11.5 Å². The van der Waals surface area contributed by atoms with E-state index in [1.165, 1.54) is 13.2 Å². The minimum atomic E-state index is -0.561. The molecule has 2 aromatic rings. The number of hydrogen-bond acceptors (Lipinski definition) is 6. The van der Waals surface area contributed by atoms with E-state index in [1.54, 1.807) is 43.3 Å². The topological polar surface area (TPSA) is 94.2 Å². The summed E-state index contributed by atoms with van der Waals surface area (Å²) in [7, 11) is 1.46. The van der Waals surface area contributed by atoms with Crippen LogP contribution >= 0.6 is 34.2 Å². The van der Waals surface area contributed by atoms with Gasteiger partial charge in [-0.2, -0.15) is 0 Å². The lowest BCUT2D eigenvalue weighted by molar-refractivity contribution is -0.145. The van der Waals surface area contributed by atoms with Crippen LogP contribution in [0, 0.1) is 3.57 Å². The molecule has 0 bridgehead atoms. The Labute approximate surface area is 197 Å². The van der Waals surface area contributed by atoms with Crippen LogP contribution in [-0.2, 0) is 14.3 Å². The zero-order valence-electron chi connectivity index (χ0n) is 16.6. The van der Waals surface area contributed by atoms with Gasteiger partial charge in [0.05, 0.1) is 23.0 Å². The molecule has 162 valence electrons. The van der Waals surface area contributed by atoms with Crippen LogP contribution in [0.15, 0.2) is 42.1 Å². The van der Waals surface area contributed by atoms with Gasteiger partial charge in [0, 0.05) is 5.02 Å². The average molecular weight is 557 g/mol. The number of hydrogen-bond donors (Lipinski definition) is 1. The maximum atomic E-state index is 12.8. The molecule has 31 heavy (non-hydrogen) atoms. The standard InChI is InChI=1S/C21H18ClIN2O6/c1-3-30-18(26)11-31-19-15(23)8-12(10-17(19)29-2)9-16-20(27)25(21(28)24-16)14-6-4-13(22)5-7-14/h4-10H,3,11H2,1-2H3,(H,24,28)/b16-9+. The zero-order chi connectivity index (χ0) is 22.5. The highest BCUT2D eigenvalue weighted by atomic mass is 127. The van der Waals surface area contributed by atoms with Gasteiger partial charge in [0.25, 0.3) is 5.91 Å². The molecule has 0 atom stereocenters. The lowest BCUT2D eigenvalue weighted by Gasteiger charge is -2.13. The Kier molecular flexibility index (Phi) is 7.39. The molecule has 8 nitrogen and oxygen atoms in total. The van der Waals surface area contributed by atoms with E-state index in [2.05, 4.69) is 5.32 Å². The van der Waals surface area contributed by atoms with Crippen molar-refractivity contribution in [2.45, 2.75) is 6.92 Å². The summed E-state index contributed by atoms with van der Waals surface area (Å²) in [6, 6.07) is 9.19. The Balaban J connectivity index is 1.85. The third kappa shape index (κ3) is 5.28. The number of imide groups is 1. The summed E-state index contributed by atoms with van der Waals surface area (Å²) in [6.07, 6.45) is 1.54. The molecule has 1 N–H and O–H groups in total. The average Bonchev–Trinajstić information content (AvgIpc) is 3.00. The van der Waals surface area contributed by atoms with E-state index in [1.807, 2.05) is 22.6 Å². The SMILES string of the molecule is CCOC(=O)COc1c(I)cc(/C=C2/NC(=O)N(c3ccc(Cl)cc3)C2=O)cc1OC. The number of ether oxygens (including phenoxy) is 3. The predicted octanol–water partition coefficient (Wildman–Crippen LogP) is 3.99. The van der Waals surface area contributed by atoms with Crippen LogP contribution in [-0.4, -0.2) is 38.2 Å². The molecule has 0 aliphatic carbocycles. The molecule has 1 heterocycles. The molecular formula is C21H18ClIN2O6. The maximum absolute atomic E-state index is 12.8. The normalized spacial score (nSPS) is 14.6. The third-order valence-electron chi connectivity index (χ3n) is 4.17. The number of benzene rings is 2. The summed E-state index contributed by atoms with van der Waals surface area (Å²) in [6.45, 7) is 1.71. The number of amides is 3. The van der Waals surface area contributed by atoms with Gasteiger partial charge in [0.2, 0.25) is 0 Å². The fraction of sp³-hybridized carbons (Fsp3) is 0.190. The molecule has 1 aliphatic rings. The highest BCUT2D eigenvalue weighted by Crippen LogP contribution is 2.35. The molecule has 10 heteroatoms. The van der Waals surface area contributed by atoms with Crippen molar-refractivity contribution in [2.24, 2.45) is 0 Å². The lowest BCUT2D eigenvalue weighted by atomic mass is 10.1. The molecule has 0 radical (unpaired) electrons. The summed E-state index contributed by atoms with van der Waals surface area (Å²) in [4.78, 5) is 37.7. The van der Waals surface area contributed by atoms with Gasteiger partial charge >= 0.3 is 12.0 Å². The lowest BCUT2D eigenvalue weighted by Crippen LogP contribution is -2.30. The number of urea groups is 1. The van der Waals surface area contributed by atoms with Crippen LogP contribution in [0.4, 0.5) is 10.5 Å². The summed E-state index contributed by atoms with van der Waals surface area (Å²) in [5, 5.41) is 3.07. The first-order valence-corrected chi connectivity index (χ1v) is 10.6. The van der Waals surface area contributed by atoms with E-state index in [4.69, 9.17) is 25.8 Å². The van der Waals surface area contributed by atoms with Crippen molar-refractivity contribution in [3.8, 4) is 11.5 Å². The number of rotatable bonds is 7. The van der Waals surface area contributed by atoms with Crippen LogP contribution < -0.4 is 19.7 Å². The fourth-order valence-electron chi connectivity index (χ4n) is 2.82. The van der Waals surface area contributed by atoms with Crippen LogP contribution in [0.3, 0.4) is 0 Å². The van der Waals surface area contributed by atoms with E-state index in [0.29, 0.717) is 31.3 Å². The minimum absolute atomic E-state index is 0.109. The number of methoxy groups -OCH3 is 1. The fourth-order valence-corrected chi connectivity index (χ4v) is 3.73. The quantitative estimate of drug-likeness (QED) is 0.240. The van der Waals surface area contributed by atoms with Crippen LogP contribution in [0.25, 0.3) is 6.08 Å². The van der Waals surface area contributed by atoms with Gasteiger partial charge < -0.3 is 19.5 Å². The van der Waals surface area contributed by atoms with Crippen molar-refractivity contribution in [3.05, 3.63) is 56.3 Å². The summed E-state index contributed by atoms with van der Waals surface area (Å²) >= 11 is 7.91. The number of anilines is 1. The van der Waals surface area contributed by atoms with Crippen molar-refractivity contribution < 1.29 is 28.6 Å². The number of halogens is 2. The summed E-state index contributed by atoms with van der Waals surface area (Å²) in [5.74, 6) is -0.241. The number of nitrogens with one attached hydrogen (secondary N) is 1. The predicted molar refractivity (Wildman–Crippen MR) is 123 cm³/mol. The van der Waals surface area contributed by atoms with Crippen molar-refractivity contribution in [3.63, 3.8) is 0 Å². The molecular weight excluding hydrogens is 539 g/mol.